The molecule has 0 spiro atoms. The summed E-state index contributed by atoms with van der Waals surface area (Å²) in [6.45, 7) is 4.33. The molecule has 1 aromatic heterocycles. The Labute approximate surface area is 144 Å². The maximum Gasteiger partial charge on any atom is 0.264 e. The van der Waals surface area contributed by atoms with Crippen LogP contribution in [0.4, 0.5) is 0 Å². The first-order chi connectivity index (χ1) is 11.5. The monoisotopic (exact) mass is 348 g/mol. The summed E-state index contributed by atoms with van der Waals surface area (Å²) in [7, 11) is 0. The standard InChI is InChI=1S/C16H20N4O3S/c1-10(2)11-3-5-12(6-4-11)20-15(23)13(9-18-17-7-8-21)14(22)19-16(20)24/h3-6,9-10,17,21,23H,7-8H2,1-2H3,(H,19,22,24)/b18-9+. The first-order valence-electron chi connectivity index (χ1n) is 7.51. The summed E-state index contributed by atoms with van der Waals surface area (Å²) in [5, 5.41) is 22.9. The van der Waals surface area contributed by atoms with Gasteiger partial charge in [0.25, 0.3) is 5.56 Å². The molecule has 2 rings (SSSR count). The van der Waals surface area contributed by atoms with Crippen molar-refractivity contribution in [3.8, 4) is 11.6 Å². The molecule has 0 saturated heterocycles. The zero-order valence-electron chi connectivity index (χ0n) is 13.5. The molecule has 0 unspecified atom stereocenters. The van der Waals surface area contributed by atoms with Crippen LogP contribution < -0.4 is 11.0 Å². The van der Waals surface area contributed by atoms with Crippen LogP contribution in [0.25, 0.3) is 5.69 Å². The highest BCUT2D eigenvalue weighted by molar-refractivity contribution is 7.71. The number of aromatic hydroxyl groups is 1. The van der Waals surface area contributed by atoms with E-state index in [9.17, 15) is 9.90 Å². The van der Waals surface area contributed by atoms with Crippen molar-refractivity contribution < 1.29 is 10.2 Å². The number of aliphatic hydroxyl groups is 1. The Kier molecular flexibility index (Phi) is 5.88. The first-order valence-corrected chi connectivity index (χ1v) is 7.92. The van der Waals surface area contributed by atoms with Gasteiger partial charge in [-0.3, -0.25) is 14.3 Å². The second-order valence-electron chi connectivity index (χ2n) is 5.47. The number of rotatable bonds is 6. The molecule has 0 saturated carbocycles. The Morgan fingerprint density at radius 2 is 2.04 bits per heavy atom. The normalized spacial score (nSPS) is 11.3. The van der Waals surface area contributed by atoms with Crippen molar-refractivity contribution in [2.24, 2.45) is 5.10 Å². The molecule has 0 aliphatic carbocycles. The highest BCUT2D eigenvalue weighted by atomic mass is 32.1. The van der Waals surface area contributed by atoms with E-state index < -0.39 is 5.56 Å². The maximum atomic E-state index is 12.0. The van der Waals surface area contributed by atoms with Gasteiger partial charge in [0.05, 0.1) is 25.1 Å². The molecule has 8 heteroatoms. The van der Waals surface area contributed by atoms with E-state index in [0.29, 0.717) is 11.6 Å². The summed E-state index contributed by atoms with van der Waals surface area (Å²) in [6.07, 6.45) is 1.19. The highest BCUT2D eigenvalue weighted by Gasteiger charge is 2.12. The number of hydrazone groups is 1. The van der Waals surface area contributed by atoms with Crippen molar-refractivity contribution in [3.63, 3.8) is 0 Å². The molecule has 0 fully saturated rings. The minimum Gasteiger partial charge on any atom is -0.494 e. The average molecular weight is 348 g/mol. The van der Waals surface area contributed by atoms with Crippen molar-refractivity contribution >= 4 is 18.4 Å². The predicted molar refractivity (Wildman–Crippen MR) is 95.7 cm³/mol. The number of aromatic amines is 1. The second-order valence-corrected chi connectivity index (χ2v) is 5.85. The van der Waals surface area contributed by atoms with Gasteiger partial charge in [0.2, 0.25) is 5.88 Å². The van der Waals surface area contributed by atoms with Crippen LogP contribution >= 0.6 is 12.2 Å². The number of hydrogen-bond donors (Lipinski definition) is 4. The lowest BCUT2D eigenvalue weighted by Crippen LogP contribution is -2.19. The maximum absolute atomic E-state index is 12.0. The minimum atomic E-state index is -0.540. The van der Waals surface area contributed by atoms with Crippen LogP contribution in [0.2, 0.25) is 0 Å². The Morgan fingerprint density at radius 1 is 1.38 bits per heavy atom. The van der Waals surface area contributed by atoms with E-state index in [2.05, 4.69) is 29.4 Å². The first kappa shape index (κ1) is 17.9. The van der Waals surface area contributed by atoms with Gasteiger partial charge in [0.1, 0.15) is 5.56 Å². The van der Waals surface area contributed by atoms with Crippen LogP contribution in [-0.4, -0.2) is 39.1 Å². The van der Waals surface area contributed by atoms with Gasteiger partial charge in [-0.05, 0) is 35.8 Å². The van der Waals surface area contributed by atoms with Gasteiger partial charge in [0.15, 0.2) is 4.77 Å². The van der Waals surface area contributed by atoms with Gasteiger partial charge in [-0.25, -0.2) is 0 Å². The van der Waals surface area contributed by atoms with E-state index >= 15 is 0 Å². The van der Waals surface area contributed by atoms with Crippen LogP contribution in [0.1, 0.15) is 30.9 Å². The van der Waals surface area contributed by atoms with Crippen LogP contribution in [0.5, 0.6) is 5.88 Å². The Balaban J connectivity index is 2.48. The van der Waals surface area contributed by atoms with Gasteiger partial charge in [-0.15, -0.1) is 0 Å². The SMILES string of the molecule is CC(C)c1ccc(-n2c(O)c(/C=N/NCCO)c(=O)[nH]c2=S)cc1. The molecule has 1 aromatic carbocycles. The van der Waals surface area contributed by atoms with Gasteiger partial charge in [0, 0.05) is 0 Å². The molecular weight excluding hydrogens is 328 g/mol. The van der Waals surface area contributed by atoms with E-state index in [1.165, 1.54) is 10.8 Å². The van der Waals surface area contributed by atoms with E-state index in [1.54, 1.807) is 0 Å². The van der Waals surface area contributed by atoms with Crippen molar-refractivity contribution in [1.82, 2.24) is 15.0 Å². The second kappa shape index (κ2) is 7.89. The molecule has 0 radical (unpaired) electrons. The van der Waals surface area contributed by atoms with E-state index in [4.69, 9.17) is 17.3 Å². The zero-order valence-corrected chi connectivity index (χ0v) is 14.3. The fourth-order valence-electron chi connectivity index (χ4n) is 2.13. The lowest BCUT2D eigenvalue weighted by atomic mass is 10.0. The molecular formula is C16H20N4O3S. The molecule has 0 aliphatic heterocycles. The lowest BCUT2D eigenvalue weighted by molar-refractivity contribution is 0.294. The number of aliphatic hydroxyl groups excluding tert-OH is 1. The average Bonchev–Trinajstić information content (AvgIpc) is 2.54. The number of hydrogen-bond acceptors (Lipinski definition) is 6. The fourth-order valence-corrected chi connectivity index (χ4v) is 2.41. The van der Waals surface area contributed by atoms with Gasteiger partial charge >= 0.3 is 0 Å². The van der Waals surface area contributed by atoms with E-state index in [-0.39, 0.29) is 29.4 Å². The third-order valence-electron chi connectivity index (χ3n) is 3.45. The molecule has 0 aliphatic rings. The van der Waals surface area contributed by atoms with Crippen LogP contribution in [0.3, 0.4) is 0 Å². The molecule has 7 nitrogen and oxygen atoms in total. The summed E-state index contributed by atoms with van der Waals surface area (Å²) in [5.74, 6) is 0.0899. The van der Waals surface area contributed by atoms with Crippen molar-refractivity contribution in [2.45, 2.75) is 19.8 Å². The third kappa shape index (κ3) is 3.90. The smallest absolute Gasteiger partial charge is 0.264 e. The topological polar surface area (TPSA) is 103 Å². The largest absolute Gasteiger partial charge is 0.494 e. The number of benzene rings is 1. The molecule has 128 valence electrons. The number of nitrogens with one attached hydrogen (secondary N) is 2. The fraction of sp³-hybridized carbons (Fsp3) is 0.312. The number of H-pyrrole nitrogens is 1. The highest BCUT2D eigenvalue weighted by Crippen LogP contribution is 2.21. The number of nitrogens with zero attached hydrogens (tertiary/aromatic N) is 2. The molecule has 1 heterocycles. The van der Waals surface area contributed by atoms with Gasteiger partial charge < -0.3 is 15.6 Å². The van der Waals surface area contributed by atoms with E-state index in [1.807, 2.05) is 24.3 Å². The minimum absolute atomic E-state index is 0.0259. The summed E-state index contributed by atoms with van der Waals surface area (Å²) < 4.78 is 1.46. The summed E-state index contributed by atoms with van der Waals surface area (Å²) >= 11 is 5.16. The lowest BCUT2D eigenvalue weighted by Gasteiger charge is -2.12. The Hall–Kier alpha value is -2.45. The molecule has 0 bridgehead atoms. The van der Waals surface area contributed by atoms with Gasteiger partial charge in [-0.1, -0.05) is 26.0 Å². The summed E-state index contributed by atoms with van der Waals surface area (Å²) in [6, 6.07) is 7.55. The molecule has 24 heavy (non-hydrogen) atoms. The molecule has 0 amide bonds. The van der Waals surface area contributed by atoms with Crippen LogP contribution in [-0.2, 0) is 0 Å². The molecule has 2 aromatic rings. The summed E-state index contributed by atoms with van der Waals surface area (Å²) in [4.78, 5) is 14.5. The molecule has 0 atom stereocenters. The predicted octanol–water partition coefficient (Wildman–Crippen LogP) is 1.64. The quantitative estimate of drug-likeness (QED) is 0.275. The summed E-state index contributed by atoms with van der Waals surface area (Å²) in [5.41, 5.74) is 3.78. The van der Waals surface area contributed by atoms with Crippen molar-refractivity contribution in [2.75, 3.05) is 13.2 Å². The molecule has 4 N–H and O–H groups in total. The van der Waals surface area contributed by atoms with E-state index in [0.717, 1.165) is 5.56 Å². The van der Waals surface area contributed by atoms with Crippen molar-refractivity contribution in [3.05, 3.63) is 50.5 Å². The third-order valence-corrected chi connectivity index (χ3v) is 3.73. The Bertz CT molecular complexity index is 838. The van der Waals surface area contributed by atoms with Crippen molar-refractivity contribution in [1.29, 1.82) is 0 Å². The zero-order chi connectivity index (χ0) is 17.7. The van der Waals surface area contributed by atoms with Crippen LogP contribution in [0, 0.1) is 4.77 Å². The van der Waals surface area contributed by atoms with Crippen LogP contribution in [0.15, 0.2) is 34.2 Å². The number of aromatic nitrogens is 2. The van der Waals surface area contributed by atoms with Gasteiger partial charge in [-0.2, -0.15) is 5.10 Å². The Morgan fingerprint density at radius 3 is 2.62 bits per heavy atom.